The molecule has 7 nitrogen and oxygen atoms in total. The monoisotopic (exact) mass is 414 g/mol. The Kier molecular flexibility index (Phi) is 4.50. The predicted molar refractivity (Wildman–Crippen MR) is 91.8 cm³/mol. The van der Waals surface area contributed by atoms with Crippen molar-refractivity contribution in [1.82, 2.24) is 20.1 Å². The van der Waals surface area contributed by atoms with E-state index in [4.69, 9.17) is 5.41 Å². The summed E-state index contributed by atoms with van der Waals surface area (Å²) in [7, 11) is 0. The van der Waals surface area contributed by atoms with E-state index in [9.17, 15) is 26.7 Å². The summed E-state index contributed by atoms with van der Waals surface area (Å²) in [5.74, 6) is -5.27. The second-order valence-electron chi connectivity index (χ2n) is 6.85. The molecule has 1 aliphatic carbocycles. The number of nitrogens with zero attached hydrogens (tertiary/aromatic N) is 3. The smallest absolute Gasteiger partial charge is 0.333 e. The van der Waals surface area contributed by atoms with Crippen LogP contribution in [0.3, 0.4) is 0 Å². The van der Waals surface area contributed by atoms with Gasteiger partial charge in [-0.1, -0.05) is 0 Å². The van der Waals surface area contributed by atoms with E-state index in [1.807, 2.05) is 0 Å². The van der Waals surface area contributed by atoms with Crippen LogP contribution in [0.4, 0.5) is 27.8 Å². The highest BCUT2D eigenvalue weighted by Crippen LogP contribution is 2.36. The maximum absolute atomic E-state index is 14.9. The van der Waals surface area contributed by atoms with Gasteiger partial charge in [0.1, 0.15) is 5.71 Å². The third-order valence-corrected chi connectivity index (χ3v) is 5.00. The van der Waals surface area contributed by atoms with Crippen LogP contribution in [0.15, 0.2) is 12.4 Å². The van der Waals surface area contributed by atoms with Crippen LogP contribution in [0.25, 0.3) is 11.3 Å². The number of amides is 1. The summed E-state index contributed by atoms with van der Waals surface area (Å²) < 4.78 is 68.6. The summed E-state index contributed by atoms with van der Waals surface area (Å²) in [5.41, 5.74) is -1.09. The second kappa shape index (κ2) is 6.78. The van der Waals surface area contributed by atoms with E-state index in [1.54, 1.807) is 0 Å². The molecular formula is C17H15F5N6O. The van der Waals surface area contributed by atoms with Crippen molar-refractivity contribution >= 4 is 17.4 Å². The number of nitrogens with one attached hydrogen (secondary N) is 3. The molecular weight excluding hydrogens is 399 g/mol. The number of hydrogen-bond donors (Lipinski definition) is 3. The fourth-order valence-electron chi connectivity index (χ4n) is 3.52. The number of anilines is 1. The minimum absolute atomic E-state index is 0.0469. The number of aromatic nitrogens is 3. The van der Waals surface area contributed by atoms with Crippen molar-refractivity contribution in [2.75, 3.05) is 5.32 Å². The number of hydrogen-bond acceptors (Lipinski definition) is 5. The van der Waals surface area contributed by atoms with Gasteiger partial charge in [0.15, 0.2) is 11.6 Å². The SMILES string of the molecule is N=C1[C@H](Nc2nc(-c3cnn(C(F)F)c3)c3c(c2F)CNC3=O)CCCC1(F)F. The molecule has 1 saturated carbocycles. The molecule has 0 radical (unpaired) electrons. The van der Waals surface area contributed by atoms with Crippen LogP contribution < -0.4 is 10.6 Å². The van der Waals surface area contributed by atoms with E-state index in [1.165, 1.54) is 0 Å². The van der Waals surface area contributed by atoms with Gasteiger partial charge < -0.3 is 16.0 Å². The van der Waals surface area contributed by atoms with E-state index < -0.39 is 48.2 Å². The Bertz CT molecular complexity index is 1000. The number of rotatable bonds is 4. The Morgan fingerprint density at radius 2 is 2.14 bits per heavy atom. The van der Waals surface area contributed by atoms with Gasteiger partial charge in [0, 0.05) is 30.3 Å². The van der Waals surface area contributed by atoms with Gasteiger partial charge in [-0.2, -0.15) is 22.7 Å². The minimum atomic E-state index is -3.30. The molecule has 0 saturated heterocycles. The number of fused-ring (bicyclic) bond motifs is 1. The Hall–Kier alpha value is -3.05. The molecule has 2 aliphatic rings. The lowest BCUT2D eigenvalue weighted by Gasteiger charge is -2.31. The summed E-state index contributed by atoms with van der Waals surface area (Å²) in [4.78, 5) is 16.2. The fraction of sp³-hybridized carbons (Fsp3) is 0.412. The second-order valence-corrected chi connectivity index (χ2v) is 6.85. The van der Waals surface area contributed by atoms with Crippen molar-refractivity contribution in [3.05, 3.63) is 29.3 Å². The zero-order valence-electron chi connectivity index (χ0n) is 14.8. The normalized spacial score (nSPS) is 20.7. The van der Waals surface area contributed by atoms with E-state index in [2.05, 4.69) is 20.7 Å². The molecule has 1 atom stereocenters. The Labute approximate surface area is 160 Å². The Morgan fingerprint density at radius 3 is 2.83 bits per heavy atom. The van der Waals surface area contributed by atoms with E-state index in [-0.39, 0.29) is 41.8 Å². The third kappa shape index (κ3) is 3.21. The zero-order chi connectivity index (χ0) is 20.9. The molecule has 1 fully saturated rings. The zero-order valence-corrected chi connectivity index (χ0v) is 14.8. The maximum Gasteiger partial charge on any atom is 0.333 e. The molecule has 0 aromatic carbocycles. The van der Waals surface area contributed by atoms with Gasteiger partial charge in [-0.05, 0) is 12.8 Å². The number of carbonyl (C=O) groups is 1. The van der Waals surface area contributed by atoms with Gasteiger partial charge in [-0.25, -0.2) is 14.1 Å². The van der Waals surface area contributed by atoms with Crippen LogP contribution in [-0.4, -0.2) is 38.3 Å². The van der Waals surface area contributed by atoms with E-state index in [0.29, 0.717) is 4.68 Å². The average Bonchev–Trinajstić information content (AvgIpc) is 3.29. The van der Waals surface area contributed by atoms with Crippen molar-refractivity contribution < 1.29 is 26.7 Å². The van der Waals surface area contributed by atoms with Gasteiger partial charge in [-0.3, -0.25) is 4.79 Å². The van der Waals surface area contributed by atoms with E-state index >= 15 is 0 Å². The number of carbonyl (C=O) groups excluding carboxylic acids is 1. The summed E-state index contributed by atoms with van der Waals surface area (Å²) in [6.45, 7) is -3.08. The molecule has 12 heteroatoms. The molecule has 29 heavy (non-hydrogen) atoms. The summed E-state index contributed by atoms with van der Waals surface area (Å²) >= 11 is 0. The lowest BCUT2D eigenvalue weighted by Crippen LogP contribution is -2.45. The molecule has 2 aromatic heterocycles. The van der Waals surface area contributed by atoms with Crippen molar-refractivity contribution in [2.45, 2.75) is 44.3 Å². The van der Waals surface area contributed by atoms with Gasteiger partial charge in [0.2, 0.25) is 0 Å². The summed E-state index contributed by atoms with van der Waals surface area (Å²) in [6.07, 6.45) is 1.87. The topological polar surface area (TPSA) is 95.7 Å². The highest BCUT2D eigenvalue weighted by atomic mass is 19.3. The first kappa shape index (κ1) is 19.3. The first-order chi connectivity index (χ1) is 13.7. The standard InChI is InChI=1S/C17H15F5N6O/c18-11-8-5-24-15(29)10(8)12(7-4-25-28(6-7)16(19)20)27-14(11)26-9-2-1-3-17(21,22)13(9)23/h4,6,9,16,23H,1-3,5H2,(H,24,29)(H,26,27)/t9-/m1/s1. The molecule has 0 bridgehead atoms. The first-order valence-corrected chi connectivity index (χ1v) is 8.75. The lowest BCUT2D eigenvalue weighted by molar-refractivity contribution is 0.0525. The number of pyridine rings is 1. The largest absolute Gasteiger partial charge is 0.359 e. The number of alkyl halides is 4. The van der Waals surface area contributed by atoms with Crippen LogP contribution in [0, 0.1) is 11.2 Å². The number of halogens is 5. The average molecular weight is 414 g/mol. The quantitative estimate of drug-likeness (QED) is 0.669. The Balaban J connectivity index is 1.77. The molecule has 3 heterocycles. The van der Waals surface area contributed by atoms with Crippen molar-refractivity contribution in [2.24, 2.45) is 0 Å². The molecule has 0 spiro atoms. The van der Waals surface area contributed by atoms with E-state index in [0.717, 1.165) is 12.4 Å². The molecule has 2 aromatic rings. The van der Waals surface area contributed by atoms with Crippen LogP contribution in [-0.2, 0) is 6.54 Å². The van der Waals surface area contributed by atoms with Gasteiger partial charge in [0.25, 0.3) is 11.8 Å². The third-order valence-electron chi connectivity index (χ3n) is 5.00. The predicted octanol–water partition coefficient (Wildman–Crippen LogP) is 3.34. The highest BCUT2D eigenvalue weighted by molar-refractivity contribution is 6.04. The van der Waals surface area contributed by atoms with Gasteiger partial charge >= 0.3 is 6.55 Å². The molecule has 1 aliphatic heterocycles. The van der Waals surface area contributed by atoms with Crippen LogP contribution >= 0.6 is 0 Å². The first-order valence-electron chi connectivity index (χ1n) is 8.75. The van der Waals surface area contributed by atoms with Crippen LogP contribution in [0.1, 0.15) is 41.7 Å². The summed E-state index contributed by atoms with van der Waals surface area (Å²) in [6, 6.07) is -1.14. The lowest BCUT2D eigenvalue weighted by atomic mass is 9.90. The van der Waals surface area contributed by atoms with Crippen molar-refractivity contribution in [1.29, 1.82) is 5.41 Å². The minimum Gasteiger partial charge on any atom is -0.359 e. The fourth-order valence-corrected chi connectivity index (χ4v) is 3.52. The molecule has 3 N–H and O–H groups in total. The summed E-state index contributed by atoms with van der Waals surface area (Å²) in [5, 5.41) is 16.2. The maximum atomic E-state index is 14.9. The van der Waals surface area contributed by atoms with Crippen LogP contribution in [0.5, 0.6) is 0 Å². The molecule has 4 rings (SSSR count). The molecule has 154 valence electrons. The van der Waals surface area contributed by atoms with Crippen LogP contribution in [0.2, 0.25) is 0 Å². The van der Waals surface area contributed by atoms with Gasteiger partial charge in [-0.15, -0.1) is 0 Å². The molecule has 1 amide bonds. The van der Waals surface area contributed by atoms with Crippen molar-refractivity contribution in [3.63, 3.8) is 0 Å². The Morgan fingerprint density at radius 1 is 1.38 bits per heavy atom. The highest BCUT2D eigenvalue weighted by Gasteiger charge is 2.43. The van der Waals surface area contributed by atoms with Crippen molar-refractivity contribution in [3.8, 4) is 11.3 Å². The van der Waals surface area contributed by atoms with Gasteiger partial charge in [0.05, 0.1) is 23.5 Å². The molecule has 0 unspecified atom stereocenters.